The van der Waals surface area contributed by atoms with Crippen LogP contribution in [0.25, 0.3) is 0 Å². The summed E-state index contributed by atoms with van der Waals surface area (Å²) in [7, 11) is 0. The Labute approximate surface area is 78.7 Å². The van der Waals surface area contributed by atoms with Gasteiger partial charge >= 0.3 is 0 Å². The van der Waals surface area contributed by atoms with Crippen LogP contribution in [0.15, 0.2) is 24.9 Å². The second kappa shape index (κ2) is 3.94. The van der Waals surface area contributed by atoms with Crippen molar-refractivity contribution in [2.75, 3.05) is 11.1 Å². The van der Waals surface area contributed by atoms with Crippen molar-refractivity contribution in [3.8, 4) is 0 Å². The molecule has 1 aromatic rings. The van der Waals surface area contributed by atoms with E-state index in [1.165, 1.54) is 0 Å². The fourth-order valence-corrected chi connectivity index (χ4v) is 0.938. The molecule has 0 fully saturated rings. The molecule has 1 heterocycles. The maximum atomic E-state index is 5.64. The molecule has 3 heteroatoms. The Hall–Kier alpha value is -1.51. The summed E-state index contributed by atoms with van der Waals surface area (Å²) in [6.07, 6.45) is 3.49. The van der Waals surface area contributed by atoms with Crippen LogP contribution in [-0.4, -0.2) is 11.0 Å². The summed E-state index contributed by atoms with van der Waals surface area (Å²) < 4.78 is 0. The molecule has 0 radical (unpaired) electrons. The van der Waals surface area contributed by atoms with Crippen molar-refractivity contribution >= 4 is 11.5 Å². The molecule has 0 aliphatic carbocycles. The minimum atomic E-state index is 0.218. The Bertz CT molecular complexity index is 307. The first-order valence-corrected chi connectivity index (χ1v) is 4.24. The number of pyridine rings is 1. The van der Waals surface area contributed by atoms with Gasteiger partial charge in [-0.15, -0.1) is 6.58 Å². The Morgan fingerprint density at radius 1 is 1.69 bits per heavy atom. The van der Waals surface area contributed by atoms with E-state index < -0.39 is 0 Å². The predicted octanol–water partition coefficient (Wildman–Crippen LogP) is 1.96. The van der Waals surface area contributed by atoms with Gasteiger partial charge in [0.1, 0.15) is 5.82 Å². The van der Waals surface area contributed by atoms with E-state index in [0.29, 0.717) is 0 Å². The number of aromatic nitrogens is 1. The van der Waals surface area contributed by atoms with E-state index in [4.69, 9.17) is 5.73 Å². The SMILES string of the molecule is C=CC(C)Nc1cc(C)c(N)cn1. The van der Waals surface area contributed by atoms with E-state index in [1.54, 1.807) is 6.20 Å². The molecule has 0 bridgehead atoms. The van der Waals surface area contributed by atoms with Crippen molar-refractivity contribution < 1.29 is 0 Å². The number of nitrogen functional groups attached to an aromatic ring is 1. The fraction of sp³-hybridized carbons (Fsp3) is 0.300. The molecule has 1 rings (SSSR count). The maximum absolute atomic E-state index is 5.64. The second-order valence-electron chi connectivity index (χ2n) is 3.09. The third-order valence-electron chi connectivity index (χ3n) is 1.88. The first-order valence-electron chi connectivity index (χ1n) is 4.24. The number of rotatable bonds is 3. The third kappa shape index (κ3) is 2.47. The van der Waals surface area contributed by atoms with Gasteiger partial charge in [-0.05, 0) is 25.5 Å². The van der Waals surface area contributed by atoms with E-state index in [9.17, 15) is 0 Å². The van der Waals surface area contributed by atoms with E-state index in [2.05, 4.69) is 16.9 Å². The lowest BCUT2D eigenvalue weighted by molar-refractivity contribution is 0.983. The van der Waals surface area contributed by atoms with E-state index in [0.717, 1.165) is 17.1 Å². The van der Waals surface area contributed by atoms with Crippen molar-refractivity contribution in [1.29, 1.82) is 0 Å². The lowest BCUT2D eigenvalue weighted by Crippen LogP contribution is -2.12. The molecule has 70 valence electrons. The van der Waals surface area contributed by atoms with Crippen LogP contribution in [0.4, 0.5) is 11.5 Å². The molecular formula is C10H15N3. The van der Waals surface area contributed by atoms with Gasteiger partial charge in [0.2, 0.25) is 0 Å². The summed E-state index contributed by atoms with van der Waals surface area (Å²) in [4.78, 5) is 4.14. The van der Waals surface area contributed by atoms with Crippen LogP contribution in [0.3, 0.4) is 0 Å². The Morgan fingerprint density at radius 3 is 2.92 bits per heavy atom. The Kier molecular flexibility index (Phi) is 2.90. The average Bonchev–Trinajstić information content (AvgIpc) is 2.11. The van der Waals surface area contributed by atoms with Gasteiger partial charge in [-0.3, -0.25) is 0 Å². The van der Waals surface area contributed by atoms with Gasteiger partial charge in [-0.25, -0.2) is 4.98 Å². The first-order chi connectivity index (χ1) is 6.13. The highest BCUT2D eigenvalue weighted by atomic mass is 15.0. The third-order valence-corrected chi connectivity index (χ3v) is 1.88. The van der Waals surface area contributed by atoms with Crippen LogP contribution >= 0.6 is 0 Å². The van der Waals surface area contributed by atoms with Crippen LogP contribution in [0, 0.1) is 6.92 Å². The predicted molar refractivity (Wildman–Crippen MR) is 56.7 cm³/mol. The highest BCUT2D eigenvalue weighted by molar-refractivity contribution is 5.51. The zero-order valence-electron chi connectivity index (χ0n) is 8.04. The number of aryl methyl sites for hydroxylation is 1. The summed E-state index contributed by atoms with van der Waals surface area (Å²) in [5.41, 5.74) is 7.40. The number of nitrogens with two attached hydrogens (primary N) is 1. The Morgan fingerprint density at radius 2 is 2.38 bits per heavy atom. The van der Waals surface area contributed by atoms with Crippen molar-refractivity contribution in [3.63, 3.8) is 0 Å². The molecule has 1 unspecified atom stereocenters. The fourth-order valence-electron chi connectivity index (χ4n) is 0.938. The molecule has 0 saturated heterocycles. The standard InChI is InChI=1S/C10H15N3/c1-4-8(3)13-10-5-7(2)9(11)6-12-10/h4-6,8H,1,11H2,2-3H3,(H,12,13). The molecule has 13 heavy (non-hydrogen) atoms. The van der Waals surface area contributed by atoms with Crippen LogP contribution in [-0.2, 0) is 0 Å². The van der Waals surface area contributed by atoms with Crippen LogP contribution in [0.2, 0.25) is 0 Å². The van der Waals surface area contributed by atoms with Crippen LogP contribution in [0.1, 0.15) is 12.5 Å². The summed E-state index contributed by atoms with van der Waals surface area (Å²) in [6, 6.07) is 2.14. The number of nitrogens with zero attached hydrogens (tertiary/aromatic N) is 1. The molecule has 0 aromatic carbocycles. The van der Waals surface area contributed by atoms with Crippen molar-refractivity contribution in [3.05, 3.63) is 30.5 Å². The smallest absolute Gasteiger partial charge is 0.126 e. The normalized spacial score (nSPS) is 12.2. The van der Waals surface area contributed by atoms with Gasteiger partial charge in [-0.2, -0.15) is 0 Å². The number of nitrogens with one attached hydrogen (secondary N) is 1. The topological polar surface area (TPSA) is 50.9 Å². The molecule has 3 N–H and O–H groups in total. The minimum absolute atomic E-state index is 0.218. The van der Waals surface area contributed by atoms with Crippen molar-refractivity contribution in [2.24, 2.45) is 0 Å². The second-order valence-corrected chi connectivity index (χ2v) is 3.09. The average molecular weight is 177 g/mol. The largest absolute Gasteiger partial charge is 0.397 e. The minimum Gasteiger partial charge on any atom is -0.397 e. The quantitative estimate of drug-likeness (QED) is 0.694. The maximum Gasteiger partial charge on any atom is 0.126 e. The monoisotopic (exact) mass is 177 g/mol. The summed E-state index contributed by atoms with van der Waals surface area (Å²) in [5, 5.41) is 3.17. The summed E-state index contributed by atoms with van der Waals surface area (Å²) >= 11 is 0. The number of anilines is 2. The van der Waals surface area contributed by atoms with Crippen LogP contribution < -0.4 is 11.1 Å². The van der Waals surface area contributed by atoms with Gasteiger partial charge in [0.05, 0.1) is 11.9 Å². The van der Waals surface area contributed by atoms with Gasteiger partial charge in [0, 0.05) is 6.04 Å². The van der Waals surface area contributed by atoms with Gasteiger partial charge in [0.15, 0.2) is 0 Å². The van der Waals surface area contributed by atoms with Gasteiger partial charge in [0.25, 0.3) is 0 Å². The van der Waals surface area contributed by atoms with Crippen molar-refractivity contribution in [2.45, 2.75) is 19.9 Å². The molecule has 1 atom stereocenters. The van der Waals surface area contributed by atoms with E-state index in [-0.39, 0.29) is 6.04 Å². The Balaban J connectivity index is 2.79. The number of hydrogen-bond acceptors (Lipinski definition) is 3. The molecule has 0 spiro atoms. The highest BCUT2D eigenvalue weighted by Crippen LogP contribution is 2.13. The lowest BCUT2D eigenvalue weighted by Gasteiger charge is -2.10. The van der Waals surface area contributed by atoms with Gasteiger partial charge in [-0.1, -0.05) is 6.08 Å². The molecule has 1 aromatic heterocycles. The molecule has 0 aliphatic heterocycles. The molecular weight excluding hydrogens is 162 g/mol. The zero-order valence-corrected chi connectivity index (χ0v) is 8.04. The molecule has 3 nitrogen and oxygen atoms in total. The molecule has 0 amide bonds. The van der Waals surface area contributed by atoms with Crippen molar-refractivity contribution in [1.82, 2.24) is 4.98 Å². The van der Waals surface area contributed by atoms with E-state index >= 15 is 0 Å². The van der Waals surface area contributed by atoms with Crippen LogP contribution in [0.5, 0.6) is 0 Å². The zero-order chi connectivity index (χ0) is 9.84. The lowest BCUT2D eigenvalue weighted by atomic mass is 10.2. The molecule has 0 saturated carbocycles. The summed E-state index contributed by atoms with van der Waals surface area (Å²) in [6.45, 7) is 7.66. The van der Waals surface area contributed by atoms with E-state index in [1.807, 2.05) is 26.0 Å². The van der Waals surface area contributed by atoms with Gasteiger partial charge < -0.3 is 11.1 Å². The molecule has 0 aliphatic rings. The summed E-state index contributed by atoms with van der Waals surface area (Å²) in [5.74, 6) is 0.833. The number of hydrogen-bond donors (Lipinski definition) is 2. The first kappa shape index (κ1) is 9.58. The highest BCUT2D eigenvalue weighted by Gasteiger charge is 1.99.